The number of benzene rings is 1. The van der Waals surface area contributed by atoms with Gasteiger partial charge in [0, 0.05) is 13.0 Å². The van der Waals surface area contributed by atoms with Crippen molar-refractivity contribution < 1.29 is 19.5 Å². The van der Waals surface area contributed by atoms with Crippen LogP contribution in [0.3, 0.4) is 0 Å². The molecule has 1 fully saturated rings. The molecule has 3 N–H and O–H groups in total. The van der Waals surface area contributed by atoms with Gasteiger partial charge in [-0.25, -0.2) is 4.79 Å². The van der Waals surface area contributed by atoms with Crippen molar-refractivity contribution >= 4 is 17.8 Å². The Hall–Kier alpha value is -2.37. The molecule has 20 heavy (non-hydrogen) atoms. The maximum absolute atomic E-state index is 11.8. The minimum Gasteiger partial charge on any atom is -0.478 e. The van der Waals surface area contributed by atoms with Crippen molar-refractivity contribution in [1.82, 2.24) is 10.6 Å². The number of hydrogen-bond donors (Lipinski definition) is 3. The molecule has 1 aromatic rings. The Bertz CT molecular complexity index is 542. The monoisotopic (exact) mass is 276 g/mol. The number of carbonyl (C=O) groups is 3. The third-order valence-electron chi connectivity index (χ3n) is 3.25. The van der Waals surface area contributed by atoms with Crippen LogP contribution in [0.2, 0.25) is 0 Å². The molecule has 2 amide bonds. The molecule has 1 atom stereocenters. The summed E-state index contributed by atoms with van der Waals surface area (Å²) in [7, 11) is 0. The molecule has 0 radical (unpaired) electrons. The Kier molecular flexibility index (Phi) is 4.34. The van der Waals surface area contributed by atoms with E-state index in [2.05, 4.69) is 10.6 Å². The number of carbonyl (C=O) groups excluding carboxylic acids is 2. The first-order chi connectivity index (χ1) is 9.58. The van der Waals surface area contributed by atoms with Crippen LogP contribution in [0.25, 0.3) is 0 Å². The van der Waals surface area contributed by atoms with E-state index in [0.717, 1.165) is 0 Å². The van der Waals surface area contributed by atoms with E-state index >= 15 is 0 Å². The van der Waals surface area contributed by atoms with Gasteiger partial charge in [-0.1, -0.05) is 18.2 Å². The second-order valence-corrected chi connectivity index (χ2v) is 4.66. The van der Waals surface area contributed by atoms with Crippen LogP contribution in [0.5, 0.6) is 0 Å². The van der Waals surface area contributed by atoms with E-state index in [1.807, 2.05) is 0 Å². The number of rotatable bonds is 5. The number of hydrogen-bond acceptors (Lipinski definition) is 3. The topological polar surface area (TPSA) is 95.5 Å². The lowest BCUT2D eigenvalue weighted by molar-refractivity contribution is -0.125. The van der Waals surface area contributed by atoms with Gasteiger partial charge in [0.05, 0.1) is 5.56 Å². The molecule has 0 aromatic heterocycles. The molecule has 6 heteroatoms. The van der Waals surface area contributed by atoms with Crippen molar-refractivity contribution in [3.05, 3.63) is 35.4 Å². The lowest BCUT2D eigenvalue weighted by Gasteiger charge is -2.11. The van der Waals surface area contributed by atoms with Crippen LogP contribution in [0.15, 0.2) is 24.3 Å². The maximum Gasteiger partial charge on any atom is 0.335 e. The zero-order valence-corrected chi connectivity index (χ0v) is 10.9. The Morgan fingerprint density at radius 3 is 2.75 bits per heavy atom. The van der Waals surface area contributed by atoms with Gasteiger partial charge in [0.1, 0.15) is 6.04 Å². The highest BCUT2D eigenvalue weighted by atomic mass is 16.4. The SMILES string of the molecule is O=C1CC[C@@H](C(=O)NCCc2ccccc2C(=O)O)N1. The van der Waals surface area contributed by atoms with Crippen LogP contribution >= 0.6 is 0 Å². The van der Waals surface area contributed by atoms with E-state index in [9.17, 15) is 14.4 Å². The first-order valence-electron chi connectivity index (χ1n) is 6.46. The van der Waals surface area contributed by atoms with E-state index in [-0.39, 0.29) is 17.4 Å². The van der Waals surface area contributed by atoms with E-state index in [0.29, 0.717) is 31.4 Å². The summed E-state index contributed by atoms with van der Waals surface area (Å²) in [4.78, 5) is 33.8. The number of nitrogens with one attached hydrogen (secondary N) is 2. The normalized spacial score (nSPS) is 17.6. The highest BCUT2D eigenvalue weighted by molar-refractivity contribution is 5.91. The van der Waals surface area contributed by atoms with Gasteiger partial charge in [-0.15, -0.1) is 0 Å². The van der Waals surface area contributed by atoms with Crippen molar-refractivity contribution in [3.8, 4) is 0 Å². The Morgan fingerprint density at radius 2 is 2.10 bits per heavy atom. The average molecular weight is 276 g/mol. The molecule has 1 saturated heterocycles. The molecule has 0 spiro atoms. The smallest absolute Gasteiger partial charge is 0.335 e. The van der Waals surface area contributed by atoms with Crippen molar-refractivity contribution in [1.29, 1.82) is 0 Å². The fourth-order valence-electron chi connectivity index (χ4n) is 2.20. The van der Waals surface area contributed by atoms with E-state index in [4.69, 9.17) is 5.11 Å². The molecular weight excluding hydrogens is 260 g/mol. The van der Waals surface area contributed by atoms with Gasteiger partial charge < -0.3 is 15.7 Å². The summed E-state index contributed by atoms with van der Waals surface area (Å²) >= 11 is 0. The van der Waals surface area contributed by atoms with Crippen LogP contribution in [-0.2, 0) is 16.0 Å². The first kappa shape index (κ1) is 14.0. The van der Waals surface area contributed by atoms with Gasteiger partial charge in [0.15, 0.2) is 0 Å². The summed E-state index contributed by atoms with van der Waals surface area (Å²) in [6.07, 6.45) is 1.32. The summed E-state index contributed by atoms with van der Waals surface area (Å²) < 4.78 is 0. The predicted octanol–water partition coefficient (Wildman–Crippen LogP) is 0.322. The molecule has 1 heterocycles. The molecule has 0 bridgehead atoms. The quantitative estimate of drug-likeness (QED) is 0.722. The predicted molar refractivity (Wildman–Crippen MR) is 71.3 cm³/mol. The Balaban J connectivity index is 1.85. The van der Waals surface area contributed by atoms with Crippen LogP contribution in [0, 0.1) is 0 Å². The van der Waals surface area contributed by atoms with Crippen molar-refractivity contribution in [2.45, 2.75) is 25.3 Å². The van der Waals surface area contributed by atoms with Crippen LogP contribution in [0.1, 0.15) is 28.8 Å². The van der Waals surface area contributed by atoms with Crippen LogP contribution in [0.4, 0.5) is 0 Å². The van der Waals surface area contributed by atoms with Gasteiger partial charge in [-0.2, -0.15) is 0 Å². The lowest BCUT2D eigenvalue weighted by atomic mass is 10.0. The second-order valence-electron chi connectivity index (χ2n) is 4.66. The van der Waals surface area contributed by atoms with Gasteiger partial charge in [-0.3, -0.25) is 9.59 Å². The number of carboxylic acids is 1. The molecule has 1 aliphatic rings. The second kappa shape index (κ2) is 6.18. The lowest BCUT2D eigenvalue weighted by Crippen LogP contribution is -2.42. The standard InChI is InChI=1S/C14H16N2O4/c17-12-6-5-11(16-12)13(18)15-8-7-9-3-1-2-4-10(9)14(19)20/h1-4,11H,5-8H2,(H,15,18)(H,16,17)(H,19,20)/t11-/m0/s1. The molecule has 0 saturated carbocycles. The third kappa shape index (κ3) is 3.34. The minimum atomic E-state index is -0.977. The third-order valence-corrected chi connectivity index (χ3v) is 3.25. The highest BCUT2D eigenvalue weighted by Crippen LogP contribution is 2.10. The van der Waals surface area contributed by atoms with Crippen molar-refractivity contribution in [3.63, 3.8) is 0 Å². The molecule has 6 nitrogen and oxygen atoms in total. The highest BCUT2D eigenvalue weighted by Gasteiger charge is 2.26. The van der Waals surface area contributed by atoms with Crippen molar-refractivity contribution in [2.24, 2.45) is 0 Å². The molecule has 1 aromatic carbocycles. The average Bonchev–Trinajstić information content (AvgIpc) is 2.86. The first-order valence-corrected chi connectivity index (χ1v) is 6.46. The fraction of sp³-hybridized carbons (Fsp3) is 0.357. The molecule has 0 aliphatic carbocycles. The van der Waals surface area contributed by atoms with Crippen molar-refractivity contribution in [2.75, 3.05) is 6.54 Å². The molecule has 106 valence electrons. The van der Waals surface area contributed by atoms with Gasteiger partial charge >= 0.3 is 5.97 Å². The summed E-state index contributed by atoms with van der Waals surface area (Å²) in [5, 5.41) is 14.3. The van der Waals surface area contributed by atoms with Gasteiger partial charge in [0.2, 0.25) is 11.8 Å². The Morgan fingerprint density at radius 1 is 1.35 bits per heavy atom. The molecule has 1 aliphatic heterocycles. The fourth-order valence-corrected chi connectivity index (χ4v) is 2.20. The number of carboxylic acid groups (broad SMARTS) is 1. The summed E-state index contributed by atoms with van der Waals surface area (Å²) in [6.45, 7) is 0.343. The van der Waals surface area contributed by atoms with Gasteiger partial charge in [-0.05, 0) is 24.5 Å². The maximum atomic E-state index is 11.8. The molecule has 2 rings (SSSR count). The van der Waals surface area contributed by atoms with Crippen LogP contribution < -0.4 is 10.6 Å². The van der Waals surface area contributed by atoms with Crippen LogP contribution in [-0.4, -0.2) is 35.5 Å². The number of amides is 2. The summed E-state index contributed by atoms with van der Waals surface area (Å²) in [6, 6.07) is 6.24. The summed E-state index contributed by atoms with van der Waals surface area (Å²) in [5.74, 6) is -1.31. The molecule has 0 unspecified atom stereocenters. The zero-order valence-electron chi connectivity index (χ0n) is 10.9. The zero-order chi connectivity index (χ0) is 14.5. The Labute approximate surface area is 116 Å². The molecular formula is C14H16N2O4. The van der Waals surface area contributed by atoms with E-state index in [1.54, 1.807) is 18.2 Å². The number of aromatic carboxylic acids is 1. The van der Waals surface area contributed by atoms with Gasteiger partial charge in [0.25, 0.3) is 0 Å². The van der Waals surface area contributed by atoms with E-state index in [1.165, 1.54) is 6.07 Å². The minimum absolute atomic E-state index is 0.110. The largest absolute Gasteiger partial charge is 0.478 e. The van der Waals surface area contributed by atoms with E-state index < -0.39 is 12.0 Å². The summed E-state index contributed by atoms with van der Waals surface area (Å²) in [5.41, 5.74) is 0.923.